The number of halogens is 1. The molecule has 1 aromatic heterocycles. The largest absolute Gasteiger partial charge is 0.393 e. The van der Waals surface area contributed by atoms with E-state index < -0.39 is 16.1 Å². The Morgan fingerprint density at radius 1 is 1.57 bits per heavy atom. The summed E-state index contributed by atoms with van der Waals surface area (Å²) in [5.41, 5.74) is 0. The summed E-state index contributed by atoms with van der Waals surface area (Å²) in [6, 6.07) is 1.57. The van der Waals surface area contributed by atoms with Crippen LogP contribution in [0.15, 0.2) is 21.6 Å². The Bertz CT molecular complexity index is 609. The van der Waals surface area contributed by atoms with Gasteiger partial charge in [-0.15, -0.1) is 0 Å². The molecule has 1 fully saturated rings. The highest BCUT2D eigenvalue weighted by atomic mass is 79.9. The number of piperidine rings is 1. The molecule has 0 amide bonds. The summed E-state index contributed by atoms with van der Waals surface area (Å²) in [5, 5.41) is 12.7. The van der Waals surface area contributed by atoms with Crippen LogP contribution in [0.25, 0.3) is 0 Å². The van der Waals surface area contributed by atoms with E-state index in [9.17, 15) is 13.5 Å². The molecule has 8 heteroatoms. The molecule has 1 saturated heterocycles. The number of hydrogen-bond acceptors (Lipinski definition) is 5. The Morgan fingerprint density at radius 3 is 2.90 bits per heavy atom. The summed E-state index contributed by atoms with van der Waals surface area (Å²) >= 11 is 3.27. The predicted octanol–water partition coefficient (Wildman–Crippen LogP) is 1.67. The fourth-order valence-electron chi connectivity index (χ4n) is 2.37. The van der Waals surface area contributed by atoms with Crippen LogP contribution in [0.2, 0.25) is 0 Å². The minimum Gasteiger partial charge on any atom is -0.393 e. The number of hydrogen-bond donors (Lipinski definition) is 2. The molecule has 0 radical (unpaired) electrons. The number of anilines is 1. The standard InChI is InChI=1S/C13H20BrN3O3S/c1-3-15-13-12(6-10(14)7-16-13)21(19,20)17-5-4-11(18)9(2)8-17/h6-7,9,11,18H,3-5,8H2,1-2H3,(H,15,16). The summed E-state index contributed by atoms with van der Waals surface area (Å²) in [5.74, 6) is 0.288. The van der Waals surface area contributed by atoms with Crippen LogP contribution in [0, 0.1) is 5.92 Å². The van der Waals surface area contributed by atoms with Gasteiger partial charge >= 0.3 is 0 Å². The lowest BCUT2D eigenvalue weighted by molar-refractivity contribution is 0.0629. The molecule has 0 aromatic carbocycles. The zero-order valence-electron chi connectivity index (χ0n) is 12.1. The van der Waals surface area contributed by atoms with Gasteiger partial charge in [0.2, 0.25) is 10.0 Å². The molecule has 2 atom stereocenters. The maximum atomic E-state index is 12.8. The van der Waals surface area contributed by atoms with Gasteiger partial charge in [0, 0.05) is 30.3 Å². The minimum atomic E-state index is -3.63. The van der Waals surface area contributed by atoms with Crippen molar-refractivity contribution in [3.8, 4) is 0 Å². The maximum Gasteiger partial charge on any atom is 0.246 e. The van der Waals surface area contributed by atoms with Gasteiger partial charge in [-0.25, -0.2) is 13.4 Å². The lowest BCUT2D eigenvalue weighted by atomic mass is 9.99. The third-order valence-corrected chi connectivity index (χ3v) is 5.92. The van der Waals surface area contributed by atoms with Crippen LogP contribution >= 0.6 is 15.9 Å². The van der Waals surface area contributed by atoms with E-state index in [-0.39, 0.29) is 10.8 Å². The van der Waals surface area contributed by atoms with Crippen LogP contribution < -0.4 is 5.32 Å². The Hall–Kier alpha value is -0.700. The van der Waals surface area contributed by atoms with E-state index in [4.69, 9.17) is 0 Å². The van der Waals surface area contributed by atoms with E-state index >= 15 is 0 Å². The molecule has 118 valence electrons. The monoisotopic (exact) mass is 377 g/mol. The molecule has 21 heavy (non-hydrogen) atoms. The number of nitrogens with zero attached hydrogens (tertiary/aromatic N) is 2. The van der Waals surface area contributed by atoms with Gasteiger partial charge in [0.1, 0.15) is 10.7 Å². The fourth-order valence-corrected chi connectivity index (χ4v) is 4.55. The van der Waals surface area contributed by atoms with Crippen LogP contribution in [0.5, 0.6) is 0 Å². The molecule has 1 aliphatic heterocycles. The number of sulfonamides is 1. The highest BCUT2D eigenvalue weighted by molar-refractivity contribution is 9.10. The highest BCUT2D eigenvalue weighted by Gasteiger charge is 2.34. The smallest absolute Gasteiger partial charge is 0.246 e. The Morgan fingerprint density at radius 2 is 2.29 bits per heavy atom. The average Bonchev–Trinajstić information content (AvgIpc) is 2.44. The van der Waals surface area contributed by atoms with Crippen molar-refractivity contribution in [1.82, 2.24) is 9.29 Å². The van der Waals surface area contributed by atoms with Crippen molar-refractivity contribution in [1.29, 1.82) is 0 Å². The maximum absolute atomic E-state index is 12.8. The highest BCUT2D eigenvalue weighted by Crippen LogP contribution is 2.29. The lowest BCUT2D eigenvalue weighted by Crippen LogP contribution is -2.45. The lowest BCUT2D eigenvalue weighted by Gasteiger charge is -2.33. The second-order valence-corrected chi connectivity index (χ2v) is 8.05. The molecular formula is C13H20BrN3O3S. The second-order valence-electron chi connectivity index (χ2n) is 5.23. The SMILES string of the molecule is CCNc1ncc(Br)cc1S(=O)(=O)N1CCC(O)C(C)C1. The molecule has 0 saturated carbocycles. The molecule has 2 heterocycles. The van der Waals surface area contributed by atoms with Gasteiger partial charge in [-0.2, -0.15) is 4.31 Å². The molecule has 1 aliphatic rings. The molecule has 0 bridgehead atoms. The normalized spacial score (nSPS) is 24.0. The van der Waals surface area contributed by atoms with E-state index in [1.807, 2.05) is 13.8 Å². The Kier molecular flexibility index (Phi) is 5.24. The van der Waals surface area contributed by atoms with Crippen molar-refractivity contribution in [3.63, 3.8) is 0 Å². The van der Waals surface area contributed by atoms with Crippen molar-refractivity contribution in [2.45, 2.75) is 31.3 Å². The van der Waals surface area contributed by atoms with E-state index in [1.54, 1.807) is 12.3 Å². The Balaban J connectivity index is 2.37. The minimum absolute atomic E-state index is 0.0729. The first-order chi connectivity index (χ1) is 9.86. The summed E-state index contributed by atoms with van der Waals surface area (Å²) < 4.78 is 27.7. The second kappa shape index (κ2) is 6.60. The molecule has 2 N–H and O–H groups in total. The van der Waals surface area contributed by atoms with Gasteiger partial charge in [-0.1, -0.05) is 6.92 Å². The van der Waals surface area contributed by atoms with Gasteiger partial charge in [0.25, 0.3) is 0 Å². The number of aliphatic hydroxyl groups is 1. The average molecular weight is 378 g/mol. The number of aromatic nitrogens is 1. The fraction of sp³-hybridized carbons (Fsp3) is 0.615. The van der Waals surface area contributed by atoms with Crippen molar-refractivity contribution >= 4 is 31.8 Å². The zero-order valence-corrected chi connectivity index (χ0v) is 14.5. The number of rotatable bonds is 4. The quantitative estimate of drug-likeness (QED) is 0.833. The van der Waals surface area contributed by atoms with Crippen molar-refractivity contribution in [2.75, 3.05) is 25.0 Å². The zero-order chi connectivity index (χ0) is 15.6. The topological polar surface area (TPSA) is 82.5 Å². The van der Waals surface area contributed by atoms with Crippen LogP contribution in [0.3, 0.4) is 0 Å². The first-order valence-electron chi connectivity index (χ1n) is 6.94. The number of nitrogens with one attached hydrogen (secondary N) is 1. The van der Waals surface area contributed by atoms with Crippen molar-refractivity contribution in [2.24, 2.45) is 5.92 Å². The van der Waals surface area contributed by atoms with E-state index in [2.05, 4.69) is 26.2 Å². The molecule has 0 aliphatic carbocycles. The van der Waals surface area contributed by atoms with Gasteiger partial charge in [-0.05, 0) is 41.3 Å². The first kappa shape index (κ1) is 16.7. The Labute approximate surface area is 133 Å². The van der Waals surface area contributed by atoms with Crippen LogP contribution in [0.1, 0.15) is 20.3 Å². The van der Waals surface area contributed by atoms with E-state index in [1.165, 1.54) is 4.31 Å². The van der Waals surface area contributed by atoms with E-state index in [0.717, 1.165) is 0 Å². The van der Waals surface area contributed by atoms with Gasteiger partial charge in [0.15, 0.2) is 0 Å². The van der Waals surface area contributed by atoms with Gasteiger partial charge < -0.3 is 10.4 Å². The molecule has 2 unspecified atom stereocenters. The molecular weight excluding hydrogens is 358 g/mol. The molecule has 6 nitrogen and oxygen atoms in total. The molecule has 0 spiro atoms. The van der Waals surface area contributed by atoms with Crippen molar-refractivity contribution < 1.29 is 13.5 Å². The van der Waals surface area contributed by atoms with Crippen molar-refractivity contribution in [3.05, 3.63) is 16.7 Å². The van der Waals surface area contributed by atoms with Gasteiger partial charge in [0.05, 0.1) is 6.10 Å². The predicted molar refractivity (Wildman–Crippen MR) is 84.6 cm³/mol. The van der Waals surface area contributed by atoms with E-state index in [0.29, 0.717) is 36.3 Å². The van der Waals surface area contributed by atoms with Crippen LogP contribution in [-0.2, 0) is 10.0 Å². The van der Waals surface area contributed by atoms with Crippen LogP contribution in [0.4, 0.5) is 5.82 Å². The first-order valence-corrected chi connectivity index (χ1v) is 9.17. The summed E-state index contributed by atoms with van der Waals surface area (Å²) in [6.45, 7) is 4.98. The third-order valence-electron chi connectivity index (χ3n) is 3.60. The van der Waals surface area contributed by atoms with Gasteiger partial charge in [-0.3, -0.25) is 0 Å². The summed E-state index contributed by atoms with van der Waals surface area (Å²) in [7, 11) is -3.63. The molecule has 1 aromatic rings. The van der Waals surface area contributed by atoms with Crippen LogP contribution in [-0.4, -0.2) is 48.6 Å². The summed E-state index contributed by atoms with van der Waals surface area (Å²) in [6.07, 6.45) is 1.59. The third kappa shape index (κ3) is 3.56. The number of aliphatic hydroxyl groups excluding tert-OH is 1. The summed E-state index contributed by atoms with van der Waals surface area (Å²) in [4.78, 5) is 4.32. The number of pyridine rings is 1. The molecule has 2 rings (SSSR count).